The van der Waals surface area contributed by atoms with Gasteiger partial charge in [0.25, 0.3) is 5.91 Å². The van der Waals surface area contributed by atoms with E-state index < -0.39 is 5.82 Å². The van der Waals surface area contributed by atoms with Crippen molar-refractivity contribution < 1.29 is 14.0 Å². The fourth-order valence-corrected chi connectivity index (χ4v) is 4.01. The molecule has 1 heterocycles. The summed E-state index contributed by atoms with van der Waals surface area (Å²) in [6, 6.07) is 18.7. The lowest BCUT2D eigenvalue weighted by atomic mass is 10.2. The highest BCUT2D eigenvalue weighted by Gasteiger charge is 2.16. The minimum Gasteiger partial charge on any atom is -0.325 e. The van der Waals surface area contributed by atoms with E-state index in [0.717, 1.165) is 5.56 Å². The van der Waals surface area contributed by atoms with Crippen molar-refractivity contribution in [3.8, 4) is 5.69 Å². The molecule has 0 fully saturated rings. The van der Waals surface area contributed by atoms with Gasteiger partial charge in [0.1, 0.15) is 11.5 Å². The zero-order valence-corrected chi connectivity index (χ0v) is 19.3. The second kappa shape index (κ2) is 10.3. The van der Waals surface area contributed by atoms with Crippen LogP contribution in [-0.4, -0.2) is 37.8 Å². The van der Waals surface area contributed by atoms with Crippen LogP contribution in [0.3, 0.4) is 0 Å². The van der Waals surface area contributed by atoms with Crippen LogP contribution in [0.5, 0.6) is 0 Å². The van der Waals surface area contributed by atoms with E-state index in [0.29, 0.717) is 27.7 Å². The SMILES string of the molecule is Cc1ccc(NC(=O)CSc2ccccc2C(=O)Nc2ccc(F)c(-n3nnnc3C)c2)cc1. The predicted octanol–water partition coefficient (Wildman–Crippen LogP) is 4.40. The molecule has 0 bridgehead atoms. The van der Waals surface area contributed by atoms with Gasteiger partial charge in [0.2, 0.25) is 5.91 Å². The van der Waals surface area contributed by atoms with Crippen molar-refractivity contribution in [3.05, 3.63) is 89.5 Å². The maximum Gasteiger partial charge on any atom is 0.256 e. The van der Waals surface area contributed by atoms with Crippen LogP contribution in [0.15, 0.2) is 71.6 Å². The van der Waals surface area contributed by atoms with Gasteiger partial charge in [0.15, 0.2) is 5.82 Å². The molecule has 4 rings (SSSR count). The quantitative estimate of drug-likeness (QED) is 0.384. The Labute approximate surface area is 199 Å². The number of amides is 2. The van der Waals surface area contributed by atoms with Crippen molar-refractivity contribution in [2.24, 2.45) is 0 Å². The van der Waals surface area contributed by atoms with Crippen LogP contribution in [-0.2, 0) is 4.79 Å². The Morgan fingerprint density at radius 2 is 1.71 bits per heavy atom. The highest BCUT2D eigenvalue weighted by Crippen LogP contribution is 2.25. The minimum absolute atomic E-state index is 0.121. The van der Waals surface area contributed by atoms with Gasteiger partial charge in [-0.05, 0) is 66.7 Å². The Balaban J connectivity index is 1.45. The third-order valence-corrected chi connectivity index (χ3v) is 5.96. The van der Waals surface area contributed by atoms with E-state index in [1.807, 2.05) is 31.2 Å². The van der Waals surface area contributed by atoms with Crippen molar-refractivity contribution in [1.82, 2.24) is 20.2 Å². The number of benzene rings is 3. The van der Waals surface area contributed by atoms with Crippen LogP contribution >= 0.6 is 11.8 Å². The Morgan fingerprint density at radius 1 is 0.971 bits per heavy atom. The first kappa shape index (κ1) is 23.1. The third-order valence-electron chi connectivity index (χ3n) is 4.88. The van der Waals surface area contributed by atoms with E-state index in [1.54, 1.807) is 31.2 Å². The summed E-state index contributed by atoms with van der Waals surface area (Å²) in [5.74, 6) is -0.536. The third kappa shape index (κ3) is 5.46. The number of rotatable bonds is 7. The number of nitrogens with zero attached hydrogens (tertiary/aromatic N) is 4. The van der Waals surface area contributed by atoms with E-state index in [1.165, 1.54) is 34.6 Å². The summed E-state index contributed by atoms with van der Waals surface area (Å²) in [6.45, 7) is 3.62. The number of carbonyl (C=O) groups excluding carboxylic acids is 2. The van der Waals surface area contributed by atoms with Crippen LogP contribution in [0.2, 0.25) is 0 Å². The molecule has 0 aliphatic heterocycles. The fourth-order valence-electron chi connectivity index (χ4n) is 3.16. The molecule has 0 aliphatic carbocycles. The molecular weight excluding hydrogens is 455 g/mol. The van der Waals surface area contributed by atoms with Gasteiger partial charge in [-0.25, -0.2) is 4.39 Å². The zero-order valence-electron chi connectivity index (χ0n) is 18.4. The molecule has 2 N–H and O–H groups in total. The topological polar surface area (TPSA) is 102 Å². The first-order valence-electron chi connectivity index (χ1n) is 10.4. The van der Waals surface area contributed by atoms with Crippen LogP contribution < -0.4 is 10.6 Å². The predicted molar refractivity (Wildman–Crippen MR) is 129 cm³/mol. The van der Waals surface area contributed by atoms with Gasteiger partial charge in [0, 0.05) is 16.3 Å². The van der Waals surface area contributed by atoms with Crippen molar-refractivity contribution in [2.45, 2.75) is 18.7 Å². The molecule has 0 radical (unpaired) electrons. The van der Waals surface area contributed by atoms with Crippen LogP contribution in [0, 0.1) is 19.7 Å². The molecule has 0 saturated carbocycles. The van der Waals surface area contributed by atoms with Crippen molar-refractivity contribution in [2.75, 3.05) is 16.4 Å². The number of nitrogens with one attached hydrogen (secondary N) is 2. The second-order valence-corrected chi connectivity index (χ2v) is 8.47. The number of anilines is 2. The van der Waals surface area contributed by atoms with Crippen LogP contribution in [0.1, 0.15) is 21.7 Å². The first-order valence-corrected chi connectivity index (χ1v) is 11.3. The smallest absolute Gasteiger partial charge is 0.256 e. The number of hydrogen-bond acceptors (Lipinski definition) is 6. The Kier molecular flexibility index (Phi) is 6.98. The Hall–Kier alpha value is -4.05. The van der Waals surface area contributed by atoms with Gasteiger partial charge >= 0.3 is 0 Å². The molecule has 4 aromatic rings. The molecule has 0 spiro atoms. The Bertz CT molecular complexity index is 1340. The van der Waals surface area contributed by atoms with Crippen LogP contribution in [0.25, 0.3) is 5.69 Å². The van der Waals surface area contributed by atoms with Gasteiger partial charge in [-0.3, -0.25) is 9.59 Å². The summed E-state index contributed by atoms with van der Waals surface area (Å²) in [4.78, 5) is 26.0. The van der Waals surface area contributed by atoms with E-state index in [-0.39, 0.29) is 23.3 Å². The molecule has 0 unspecified atom stereocenters. The largest absolute Gasteiger partial charge is 0.325 e. The highest BCUT2D eigenvalue weighted by molar-refractivity contribution is 8.00. The molecule has 3 aromatic carbocycles. The maximum absolute atomic E-state index is 14.3. The molecule has 0 atom stereocenters. The highest BCUT2D eigenvalue weighted by atomic mass is 32.2. The number of carbonyl (C=O) groups is 2. The molecule has 1 aromatic heterocycles. The normalized spacial score (nSPS) is 10.7. The monoisotopic (exact) mass is 476 g/mol. The lowest BCUT2D eigenvalue weighted by Crippen LogP contribution is -2.16. The lowest BCUT2D eigenvalue weighted by Gasteiger charge is -2.12. The van der Waals surface area contributed by atoms with Crippen molar-refractivity contribution >= 4 is 35.0 Å². The van der Waals surface area contributed by atoms with Crippen LogP contribution in [0.4, 0.5) is 15.8 Å². The number of halogens is 1. The average Bonchev–Trinajstić information content (AvgIpc) is 3.26. The number of tetrazole rings is 1. The van der Waals surface area contributed by atoms with E-state index in [9.17, 15) is 14.0 Å². The summed E-state index contributed by atoms with van der Waals surface area (Å²) in [7, 11) is 0. The van der Waals surface area contributed by atoms with Gasteiger partial charge < -0.3 is 10.6 Å². The molecule has 172 valence electrons. The zero-order chi connectivity index (χ0) is 24.1. The molecule has 10 heteroatoms. The van der Waals surface area contributed by atoms with Gasteiger partial charge in [-0.15, -0.1) is 16.9 Å². The molecule has 34 heavy (non-hydrogen) atoms. The van der Waals surface area contributed by atoms with Gasteiger partial charge in [0.05, 0.1) is 11.3 Å². The van der Waals surface area contributed by atoms with Crippen molar-refractivity contribution in [1.29, 1.82) is 0 Å². The van der Waals surface area contributed by atoms with Crippen molar-refractivity contribution in [3.63, 3.8) is 0 Å². The molecular formula is C24H21FN6O2S. The van der Waals surface area contributed by atoms with Gasteiger partial charge in [-0.2, -0.15) is 4.68 Å². The second-order valence-electron chi connectivity index (χ2n) is 7.46. The summed E-state index contributed by atoms with van der Waals surface area (Å²) in [6.07, 6.45) is 0. The number of aryl methyl sites for hydroxylation is 2. The summed E-state index contributed by atoms with van der Waals surface area (Å²) < 4.78 is 15.6. The van der Waals surface area contributed by atoms with Gasteiger partial charge in [-0.1, -0.05) is 29.8 Å². The Morgan fingerprint density at radius 3 is 2.44 bits per heavy atom. The molecule has 0 aliphatic rings. The van der Waals surface area contributed by atoms with E-state index in [4.69, 9.17) is 0 Å². The lowest BCUT2D eigenvalue weighted by molar-refractivity contribution is -0.113. The minimum atomic E-state index is -0.524. The first-order chi connectivity index (χ1) is 16.4. The van der Waals surface area contributed by atoms with E-state index in [2.05, 4.69) is 26.2 Å². The maximum atomic E-state index is 14.3. The summed E-state index contributed by atoms with van der Waals surface area (Å²) >= 11 is 1.26. The molecule has 8 nitrogen and oxygen atoms in total. The number of hydrogen-bond donors (Lipinski definition) is 2. The fraction of sp³-hybridized carbons (Fsp3) is 0.125. The molecule has 0 saturated heterocycles. The summed E-state index contributed by atoms with van der Waals surface area (Å²) in [5.41, 5.74) is 2.73. The van der Waals surface area contributed by atoms with E-state index >= 15 is 0 Å². The number of aromatic nitrogens is 4. The standard InChI is InChI=1S/C24H21FN6O2S/c1-15-7-9-17(10-8-15)26-23(32)14-34-22-6-4-3-5-19(22)24(33)27-18-11-12-20(25)21(13-18)31-16(2)28-29-30-31/h3-13H,14H2,1-2H3,(H,26,32)(H,27,33). The molecule has 2 amide bonds. The number of thioether (sulfide) groups is 1. The summed E-state index contributed by atoms with van der Waals surface area (Å²) in [5, 5.41) is 16.7. The average molecular weight is 477 g/mol.